The standard InChI is InChI=1S/C28H32N4OS2/c1-3-15-34-16-5-13-30-27(33)24-10-8-22(9-11-24)20-35-28-31-25-12-14-29-18-26(25)32(28)19-23-7-4-6-21(2)17-23/h4,6-12,14,17-18H,3,5,13,15-16,19-20H2,1-2H3,(H,30,33). The number of rotatable bonds is 12. The first-order valence-corrected chi connectivity index (χ1v) is 14.2. The zero-order valence-corrected chi connectivity index (χ0v) is 22.0. The first-order chi connectivity index (χ1) is 17.1. The molecular weight excluding hydrogens is 472 g/mol. The summed E-state index contributed by atoms with van der Waals surface area (Å²) in [4.78, 5) is 21.6. The molecule has 0 saturated carbocycles. The van der Waals surface area contributed by atoms with Crippen LogP contribution in [0, 0.1) is 6.92 Å². The number of nitrogens with one attached hydrogen (secondary N) is 1. The van der Waals surface area contributed by atoms with Crippen LogP contribution in [0.15, 0.2) is 72.1 Å². The van der Waals surface area contributed by atoms with E-state index in [0.29, 0.717) is 5.56 Å². The van der Waals surface area contributed by atoms with E-state index in [1.165, 1.54) is 23.3 Å². The van der Waals surface area contributed by atoms with Crippen molar-refractivity contribution in [1.82, 2.24) is 19.9 Å². The molecule has 2 aromatic heterocycles. The molecule has 0 radical (unpaired) electrons. The minimum atomic E-state index is -0.00265. The second-order valence-electron chi connectivity index (χ2n) is 8.54. The Labute approximate surface area is 216 Å². The summed E-state index contributed by atoms with van der Waals surface area (Å²) in [5, 5.41) is 4.00. The van der Waals surface area contributed by atoms with E-state index in [1.54, 1.807) is 18.0 Å². The van der Waals surface area contributed by atoms with Crippen molar-refractivity contribution in [2.75, 3.05) is 18.1 Å². The maximum atomic E-state index is 12.4. The number of aromatic nitrogens is 3. The third-order valence-corrected chi connectivity index (χ3v) is 7.94. The number of thioether (sulfide) groups is 2. The Balaban J connectivity index is 1.38. The zero-order valence-electron chi connectivity index (χ0n) is 20.4. The van der Waals surface area contributed by atoms with Crippen molar-refractivity contribution in [3.63, 3.8) is 0 Å². The summed E-state index contributed by atoms with van der Waals surface area (Å²) < 4.78 is 2.24. The van der Waals surface area contributed by atoms with Crippen molar-refractivity contribution in [3.05, 3.63) is 89.2 Å². The van der Waals surface area contributed by atoms with Crippen LogP contribution in [0.4, 0.5) is 0 Å². The number of amides is 1. The summed E-state index contributed by atoms with van der Waals surface area (Å²) in [7, 11) is 0. The molecule has 4 rings (SSSR count). The molecule has 0 aliphatic rings. The molecule has 4 aromatic rings. The number of carbonyl (C=O) groups is 1. The molecule has 1 N–H and O–H groups in total. The highest BCUT2D eigenvalue weighted by Gasteiger charge is 2.13. The van der Waals surface area contributed by atoms with Crippen LogP contribution in [-0.4, -0.2) is 38.5 Å². The maximum absolute atomic E-state index is 12.4. The topological polar surface area (TPSA) is 59.8 Å². The van der Waals surface area contributed by atoms with Crippen LogP contribution in [0.5, 0.6) is 0 Å². The summed E-state index contributed by atoms with van der Waals surface area (Å²) in [6, 6.07) is 18.4. The highest BCUT2D eigenvalue weighted by molar-refractivity contribution is 7.99. The number of carbonyl (C=O) groups excluding carboxylic acids is 1. The molecule has 2 heterocycles. The van der Waals surface area contributed by atoms with Gasteiger partial charge in [-0.2, -0.15) is 11.8 Å². The van der Waals surface area contributed by atoms with E-state index >= 15 is 0 Å². The molecule has 2 aromatic carbocycles. The number of nitrogens with zero attached hydrogens (tertiary/aromatic N) is 3. The fourth-order valence-electron chi connectivity index (χ4n) is 3.83. The number of benzene rings is 2. The van der Waals surface area contributed by atoms with Gasteiger partial charge in [0.2, 0.25) is 0 Å². The molecule has 182 valence electrons. The molecule has 35 heavy (non-hydrogen) atoms. The summed E-state index contributed by atoms with van der Waals surface area (Å²) in [6.45, 7) is 5.78. The van der Waals surface area contributed by atoms with Gasteiger partial charge < -0.3 is 9.88 Å². The Morgan fingerprint density at radius 2 is 1.91 bits per heavy atom. The molecule has 0 spiro atoms. The van der Waals surface area contributed by atoms with Gasteiger partial charge in [-0.15, -0.1) is 0 Å². The fraction of sp³-hybridized carbons (Fsp3) is 0.321. The van der Waals surface area contributed by atoms with Gasteiger partial charge in [-0.1, -0.05) is 60.6 Å². The molecule has 0 atom stereocenters. The van der Waals surface area contributed by atoms with E-state index in [9.17, 15) is 4.79 Å². The van der Waals surface area contributed by atoms with Crippen LogP contribution in [0.3, 0.4) is 0 Å². The van der Waals surface area contributed by atoms with Gasteiger partial charge in [0.1, 0.15) is 0 Å². The zero-order chi connectivity index (χ0) is 24.5. The second-order valence-corrected chi connectivity index (χ2v) is 10.7. The highest BCUT2D eigenvalue weighted by atomic mass is 32.2. The quantitative estimate of drug-likeness (QED) is 0.180. The monoisotopic (exact) mass is 504 g/mol. The Morgan fingerprint density at radius 1 is 1.06 bits per heavy atom. The van der Waals surface area contributed by atoms with Crippen LogP contribution in [0.25, 0.3) is 11.0 Å². The second kappa shape index (κ2) is 12.8. The molecule has 0 bridgehead atoms. The first kappa shape index (κ1) is 25.3. The summed E-state index contributed by atoms with van der Waals surface area (Å²) >= 11 is 3.65. The largest absolute Gasteiger partial charge is 0.352 e. The van der Waals surface area contributed by atoms with E-state index in [1.807, 2.05) is 48.3 Å². The molecule has 0 unspecified atom stereocenters. The van der Waals surface area contributed by atoms with E-state index < -0.39 is 0 Å². The van der Waals surface area contributed by atoms with Crippen molar-refractivity contribution in [2.45, 2.75) is 44.1 Å². The highest BCUT2D eigenvalue weighted by Crippen LogP contribution is 2.27. The maximum Gasteiger partial charge on any atom is 0.251 e. The first-order valence-electron chi connectivity index (χ1n) is 12.1. The van der Waals surface area contributed by atoms with Crippen molar-refractivity contribution >= 4 is 40.5 Å². The van der Waals surface area contributed by atoms with E-state index in [4.69, 9.17) is 4.98 Å². The van der Waals surface area contributed by atoms with Crippen LogP contribution < -0.4 is 5.32 Å². The van der Waals surface area contributed by atoms with Crippen molar-refractivity contribution < 1.29 is 4.79 Å². The Hall–Kier alpha value is -2.77. The number of hydrogen-bond acceptors (Lipinski definition) is 5. The third kappa shape index (κ3) is 7.12. The van der Waals surface area contributed by atoms with Crippen LogP contribution >= 0.6 is 23.5 Å². The van der Waals surface area contributed by atoms with Gasteiger partial charge in [0.15, 0.2) is 5.16 Å². The molecule has 1 amide bonds. The van der Waals surface area contributed by atoms with Gasteiger partial charge in [-0.25, -0.2) is 4.98 Å². The molecule has 5 nitrogen and oxygen atoms in total. The van der Waals surface area contributed by atoms with Gasteiger partial charge >= 0.3 is 0 Å². The Kier molecular flexibility index (Phi) is 9.26. The molecule has 0 aliphatic heterocycles. The predicted molar refractivity (Wildman–Crippen MR) is 148 cm³/mol. The van der Waals surface area contributed by atoms with Crippen LogP contribution in [0.2, 0.25) is 0 Å². The number of fused-ring (bicyclic) bond motifs is 1. The van der Waals surface area contributed by atoms with Gasteiger partial charge in [0.25, 0.3) is 5.91 Å². The molecule has 0 saturated heterocycles. The minimum absolute atomic E-state index is 0.00265. The molecule has 0 aliphatic carbocycles. The average molecular weight is 505 g/mol. The summed E-state index contributed by atoms with van der Waals surface area (Å²) in [6.07, 6.45) is 5.88. The third-order valence-electron chi connectivity index (χ3n) is 5.62. The van der Waals surface area contributed by atoms with Gasteiger partial charge in [-0.05, 0) is 60.6 Å². The molecular formula is C28H32N4OS2. The van der Waals surface area contributed by atoms with Gasteiger partial charge in [-0.3, -0.25) is 9.78 Å². The normalized spacial score (nSPS) is 11.1. The summed E-state index contributed by atoms with van der Waals surface area (Å²) in [5.74, 6) is 3.06. The van der Waals surface area contributed by atoms with E-state index in [0.717, 1.165) is 52.8 Å². The fourth-order valence-corrected chi connectivity index (χ4v) is 5.64. The number of aryl methyl sites for hydroxylation is 1. The number of hydrogen-bond donors (Lipinski definition) is 1. The minimum Gasteiger partial charge on any atom is -0.352 e. The SMILES string of the molecule is CCCSCCCNC(=O)c1ccc(CSc2nc3ccncc3n2Cc2cccc(C)c2)cc1. The Morgan fingerprint density at radius 3 is 2.71 bits per heavy atom. The van der Waals surface area contributed by atoms with Crippen molar-refractivity contribution in [1.29, 1.82) is 0 Å². The van der Waals surface area contributed by atoms with Crippen LogP contribution in [0.1, 0.15) is 46.8 Å². The Bertz CT molecular complexity index is 1250. The lowest BCUT2D eigenvalue weighted by Crippen LogP contribution is -2.24. The lowest BCUT2D eigenvalue weighted by atomic mass is 10.1. The van der Waals surface area contributed by atoms with Crippen molar-refractivity contribution in [2.24, 2.45) is 0 Å². The van der Waals surface area contributed by atoms with Gasteiger partial charge in [0, 0.05) is 24.1 Å². The van der Waals surface area contributed by atoms with Crippen molar-refractivity contribution in [3.8, 4) is 0 Å². The molecule has 0 fully saturated rings. The van der Waals surface area contributed by atoms with Gasteiger partial charge in [0.05, 0.1) is 23.8 Å². The van der Waals surface area contributed by atoms with E-state index in [-0.39, 0.29) is 5.91 Å². The molecule has 7 heteroatoms. The average Bonchev–Trinajstić information content (AvgIpc) is 3.22. The lowest BCUT2D eigenvalue weighted by molar-refractivity contribution is 0.0954. The predicted octanol–water partition coefficient (Wildman–Crippen LogP) is 6.34. The number of imidazole rings is 1. The van der Waals surface area contributed by atoms with E-state index in [2.05, 4.69) is 53.0 Å². The lowest BCUT2D eigenvalue weighted by Gasteiger charge is -2.10. The van der Waals surface area contributed by atoms with Crippen LogP contribution in [-0.2, 0) is 12.3 Å². The summed E-state index contributed by atoms with van der Waals surface area (Å²) in [5.41, 5.74) is 6.35. The smallest absolute Gasteiger partial charge is 0.251 e. The number of pyridine rings is 1.